The van der Waals surface area contributed by atoms with E-state index in [1.165, 1.54) is 12.8 Å². The Kier molecular flexibility index (Phi) is 8.41. The molecule has 5 aromatic rings. The third-order valence-electron chi connectivity index (χ3n) is 8.14. The maximum absolute atomic E-state index is 6.46. The van der Waals surface area contributed by atoms with Gasteiger partial charge in [-0.15, -0.1) is 23.6 Å². The van der Waals surface area contributed by atoms with Crippen LogP contribution < -0.4 is 5.73 Å². The zero-order valence-corrected chi connectivity index (χ0v) is 25.8. The fourth-order valence-corrected chi connectivity index (χ4v) is 5.85. The fourth-order valence-electron chi connectivity index (χ4n) is 5.85. The third kappa shape index (κ3) is 5.37. The van der Waals surface area contributed by atoms with E-state index < -0.39 is 0 Å². The van der Waals surface area contributed by atoms with Gasteiger partial charge in [-0.25, -0.2) is 14.6 Å². The van der Waals surface area contributed by atoms with Gasteiger partial charge < -0.3 is 15.6 Å². The Morgan fingerprint density at radius 2 is 1.82 bits per heavy atom. The molecule has 197 valence electrons. The first-order valence-corrected chi connectivity index (χ1v) is 13.6. The van der Waals surface area contributed by atoms with Gasteiger partial charge in [0.15, 0.2) is 5.65 Å². The molecule has 0 saturated heterocycles. The number of nitrogen functional groups attached to an aromatic ring is 1. The van der Waals surface area contributed by atoms with Gasteiger partial charge in [0.05, 0.1) is 11.4 Å². The summed E-state index contributed by atoms with van der Waals surface area (Å²) in [5.41, 5.74) is 13.1. The van der Waals surface area contributed by atoms with Crippen molar-refractivity contribution in [2.45, 2.75) is 45.6 Å². The van der Waals surface area contributed by atoms with Crippen molar-refractivity contribution < 1.29 is 32.7 Å². The molecule has 1 fully saturated rings. The molecule has 1 radical (unpaired) electrons. The van der Waals surface area contributed by atoms with Crippen LogP contribution in [-0.4, -0.2) is 49.8 Å². The molecule has 0 bridgehead atoms. The van der Waals surface area contributed by atoms with Crippen LogP contribution >= 0.6 is 0 Å². The van der Waals surface area contributed by atoms with Crippen molar-refractivity contribution >= 4 is 27.8 Å². The molecule has 1 aliphatic rings. The van der Waals surface area contributed by atoms with Crippen LogP contribution in [0.5, 0.6) is 0 Å². The second-order valence-corrected chi connectivity index (χ2v) is 10.6. The van der Waals surface area contributed by atoms with Crippen LogP contribution in [0.4, 0.5) is 5.82 Å². The van der Waals surface area contributed by atoms with Gasteiger partial charge in [0, 0.05) is 39.3 Å². The maximum atomic E-state index is 6.46. The largest absolute Gasteiger partial charge is 0.383 e. The Balaban J connectivity index is 0.00000308. The molecule has 1 aliphatic carbocycles. The van der Waals surface area contributed by atoms with Gasteiger partial charge in [-0.2, -0.15) is 5.10 Å². The van der Waals surface area contributed by atoms with E-state index in [4.69, 9.17) is 15.8 Å². The number of nitrogens with zero attached hydrogens (tertiary/aromatic N) is 6. The fraction of sp³-hybridized carbons (Fsp3) is 0.355. The van der Waals surface area contributed by atoms with E-state index in [0.717, 1.165) is 81.9 Å². The number of hydrogen-bond acceptors (Lipinski definition) is 6. The van der Waals surface area contributed by atoms with Gasteiger partial charge in [-0.05, 0) is 74.5 Å². The SMILES string of the molecule is CCN(C)CC1CCC(n2nc(-c3ccc4[c-]cc(-c5ccccc5)nc4c3C)c3c(N)ncnc32)CC1.[Y]. The molecule has 0 aliphatic heterocycles. The Morgan fingerprint density at radius 3 is 2.56 bits per heavy atom. The molecule has 39 heavy (non-hydrogen) atoms. The van der Waals surface area contributed by atoms with Crippen LogP contribution in [0.2, 0.25) is 0 Å². The summed E-state index contributed by atoms with van der Waals surface area (Å²) in [5.74, 6) is 1.20. The van der Waals surface area contributed by atoms with Crippen LogP contribution in [0, 0.1) is 18.9 Å². The van der Waals surface area contributed by atoms with Crippen molar-refractivity contribution in [2.24, 2.45) is 5.92 Å². The van der Waals surface area contributed by atoms with Crippen molar-refractivity contribution in [1.29, 1.82) is 0 Å². The van der Waals surface area contributed by atoms with Gasteiger partial charge in [0.2, 0.25) is 0 Å². The van der Waals surface area contributed by atoms with Crippen LogP contribution in [0.15, 0.2) is 54.9 Å². The molecule has 2 aromatic carbocycles. The second kappa shape index (κ2) is 11.8. The van der Waals surface area contributed by atoms with Gasteiger partial charge in [0.1, 0.15) is 17.8 Å². The van der Waals surface area contributed by atoms with Gasteiger partial charge in [-0.3, -0.25) is 0 Å². The van der Waals surface area contributed by atoms with Gasteiger partial charge in [0.25, 0.3) is 0 Å². The molecular formula is C31H34N7Y-. The Hall–Kier alpha value is -2.74. The average Bonchev–Trinajstić information content (AvgIpc) is 3.34. The topological polar surface area (TPSA) is 85.8 Å². The minimum absolute atomic E-state index is 0. The van der Waals surface area contributed by atoms with E-state index in [2.05, 4.69) is 70.8 Å². The summed E-state index contributed by atoms with van der Waals surface area (Å²) >= 11 is 0. The Bertz CT molecular complexity index is 1590. The smallest absolute Gasteiger partial charge is 0.164 e. The number of anilines is 1. The van der Waals surface area contributed by atoms with E-state index in [-0.39, 0.29) is 32.7 Å². The van der Waals surface area contributed by atoms with Gasteiger partial charge in [-0.1, -0.05) is 48.9 Å². The summed E-state index contributed by atoms with van der Waals surface area (Å²) in [5, 5.41) is 6.99. The minimum atomic E-state index is 0. The summed E-state index contributed by atoms with van der Waals surface area (Å²) in [4.78, 5) is 16.5. The standard InChI is InChI=1S/C31H34N7.Y/c1-4-37(3)18-21-10-14-24(15-11-21)38-31-27(30(32)33-19-34-31)29(36-38)25-16-12-23-13-17-26(35-28(23)20(25)2)22-8-6-5-7-9-22;/h5-9,12,16-17,19,21,24H,4,10-11,14-15,18H2,1-3H3,(H2,32,33,34);/q-1;. The van der Waals surface area contributed by atoms with Crippen LogP contribution in [-0.2, 0) is 32.7 Å². The normalized spacial score (nSPS) is 17.5. The van der Waals surface area contributed by atoms with Crippen molar-refractivity contribution in [3.05, 3.63) is 66.5 Å². The van der Waals surface area contributed by atoms with Crippen molar-refractivity contribution in [3.63, 3.8) is 0 Å². The molecule has 1 saturated carbocycles. The summed E-state index contributed by atoms with van der Waals surface area (Å²) in [6, 6.07) is 20.1. The zero-order chi connectivity index (χ0) is 26.2. The molecule has 3 aromatic heterocycles. The first-order chi connectivity index (χ1) is 18.5. The molecule has 3 heterocycles. The Labute approximate surface area is 255 Å². The Morgan fingerprint density at radius 1 is 1.05 bits per heavy atom. The van der Waals surface area contributed by atoms with Crippen molar-refractivity contribution in [3.8, 4) is 22.5 Å². The monoisotopic (exact) mass is 593 g/mol. The number of nitrogens with two attached hydrogens (primary N) is 1. The predicted octanol–water partition coefficient (Wildman–Crippen LogP) is 6.08. The predicted molar refractivity (Wildman–Crippen MR) is 154 cm³/mol. The van der Waals surface area contributed by atoms with Crippen LogP contribution in [0.1, 0.15) is 44.2 Å². The molecule has 0 amide bonds. The number of benzene rings is 2. The molecule has 0 unspecified atom stereocenters. The average molecular weight is 594 g/mol. The number of rotatable bonds is 6. The molecule has 2 N–H and O–H groups in total. The van der Waals surface area contributed by atoms with Crippen molar-refractivity contribution in [2.75, 3.05) is 25.9 Å². The number of hydrogen-bond donors (Lipinski definition) is 1. The number of aromatic nitrogens is 5. The zero-order valence-electron chi connectivity index (χ0n) is 22.9. The van der Waals surface area contributed by atoms with E-state index in [9.17, 15) is 0 Å². The minimum Gasteiger partial charge on any atom is -0.383 e. The first-order valence-electron chi connectivity index (χ1n) is 13.6. The molecule has 7 nitrogen and oxygen atoms in total. The van der Waals surface area contributed by atoms with E-state index in [1.54, 1.807) is 6.33 Å². The van der Waals surface area contributed by atoms with Crippen molar-refractivity contribution in [1.82, 2.24) is 29.6 Å². The van der Waals surface area contributed by atoms with Gasteiger partial charge >= 0.3 is 0 Å². The summed E-state index contributed by atoms with van der Waals surface area (Å²) in [6.07, 6.45) is 6.13. The molecular weight excluding hydrogens is 559 g/mol. The van der Waals surface area contributed by atoms with Crippen LogP contribution in [0.3, 0.4) is 0 Å². The summed E-state index contributed by atoms with van der Waals surface area (Å²) in [6.45, 7) is 6.58. The summed E-state index contributed by atoms with van der Waals surface area (Å²) < 4.78 is 2.12. The number of pyridine rings is 1. The van der Waals surface area contributed by atoms with E-state index >= 15 is 0 Å². The van der Waals surface area contributed by atoms with E-state index in [0.29, 0.717) is 11.9 Å². The quantitative estimate of drug-likeness (QED) is 0.240. The number of aryl methyl sites for hydroxylation is 1. The first kappa shape index (κ1) is 27.8. The second-order valence-electron chi connectivity index (χ2n) is 10.6. The molecule has 8 heteroatoms. The van der Waals surface area contributed by atoms with E-state index in [1.807, 2.05) is 24.3 Å². The van der Waals surface area contributed by atoms with Crippen LogP contribution in [0.25, 0.3) is 44.5 Å². The summed E-state index contributed by atoms with van der Waals surface area (Å²) in [7, 11) is 2.21. The third-order valence-corrected chi connectivity index (χ3v) is 8.14. The number of fused-ring (bicyclic) bond motifs is 2. The molecule has 0 atom stereocenters. The maximum Gasteiger partial charge on any atom is 0.164 e. The molecule has 6 rings (SSSR count). The molecule has 0 spiro atoms.